The van der Waals surface area contributed by atoms with Gasteiger partial charge in [-0.2, -0.15) is 0 Å². The molecule has 4 heteroatoms. The van der Waals surface area contributed by atoms with E-state index >= 15 is 0 Å². The average molecular weight is 355 g/mol. The molecule has 0 N–H and O–H groups in total. The van der Waals surface area contributed by atoms with Gasteiger partial charge in [0.25, 0.3) is 0 Å². The van der Waals surface area contributed by atoms with E-state index in [9.17, 15) is 0 Å². The van der Waals surface area contributed by atoms with Crippen LogP contribution < -0.4 is 0 Å². The summed E-state index contributed by atoms with van der Waals surface area (Å²) in [4.78, 5) is 11.7. The summed E-state index contributed by atoms with van der Waals surface area (Å²) in [5, 5.41) is 2.45. The summed E-state index contributed by atoms with van der Waals surface area (Å²) in [7, 11) is 0. The number of hydrogen-bond donors (Lipinski definition) is 0. The molecule has 0 saturated heterocycles. The van der Waals surface area contributed by atoms with E-state index in [1.54, 1.807) is 0 Å². The second-order valence-electron chi connectivity index (χ2n) is 5.90. The van der Waals surface area contributed by atoms with Crippen LogP contribution in [0.15, 0.2) is 0 Å². The third-order valence-electron chi connectivity index (χ3n) is 3.17. The summed E-state index contributed by atoms with van der Waals surface area (Å²) in [5.41, 5.74) is 2.43. The molecule has 0 aliphatic carbocycles. The van der Waals surface area contributed by atoms with Gasteiger partial charge in [-0.3, -0.25) is 0 Å². The summed E-state index contributed by atoms with van der Waals surface area (Å²) >= 11 is 3.67. The molecule has 0 unspecified atom stereocenters. The van der Waals surface area contributed by atoms with Gasteiger partial charge in [0, 0.05) is 9.75 Å². The van der Waals surface area contributed by atoms with Gasteiger partial charge in [0.1, 0.15) is 0 Å². The molecule has 2 rings (SSSR count). The van der Waals surface area contributed by atoms with Gasteiger partial charge in [-0.25, -0.2) is 9.97 Å². The maximum atomic E-state index is 4.47. The van der Waals surface area contributed by atoms with Gasteiger partial charge >= 0.3 is 0 Å². The summed E-state index contributed by atoms with van der Waals surface area (Å²) in [6.45, 7) is 21.3. The van der Waals surface area contributed by atoms with Crippen molar-refractivity contribution in [3.8, 4) is 0 Å². The second kappa shape index (κ2) is 10.9. The van der Waals surface area contributed by atoms with Crippen molar-refractivity contribution < 1.29 is 0 Å². The Morgan fingerprint density at radius 1 is 0.783 bits per heavy atom. The highest BCUT2D eigenvalue weighted by Gasteiger charge is 2.09. The number of aryl methyl sites for hydroxylation is 4. The molecule has 2 nitrogen and oxygen atoms in total. The van der Waals surface area contributed by atoms with Crippen molar-refractivity contribution in [2.24, 2.45) is 0 Å². The van der Waals surface area contributed by atoms with E-state index < -0.39 is 0 Å². The average Bonchev–Trinajstić information content (AvgIpc) is 3.04. The van der Waals surface area contributed by atoms with Crippen LogP contribution in [0.2, 0.25) is 0 Å². The molecule has 0 bridgehead atoms. The third kappa shape index (κ3) is 7.13. The topological polar surface area (TPSA) is 25.8 Å². The molecule has 2 aromatic rings. The van der Waals surface area contributed by atoms with Crippen molar-refractivity contribution in [3.05, 3.63) is 31.2 Å². The van der Waals surface area contributed by atoms with Gasteiger partial charge < -0.3 is 0 Å². The van der Waals surface area contributed by atoms with Crippen molar-refractivity contribution in [2.75, 3.05) is 0 Å². The van der Waals surface area contributed by atoms with Gasteiger partial charge in [0.05, 0.1) is 21.4 Å². The van der Waals surface area contributed by atoms with Crippen LogP contribution in [0, 0.1) is 20.8 Å². The number of hydrogen-bond acceptors (Lipinski definition) is 4. The highest BCUT2D eigenvalue weighted by atomic mass is 32.1. The standard InChI is InChI=1S/C9H15NS.C8H13NS.C2H6/c1-5-8-10-7(4)9(11-8)6(2)3;1-5(2)8-6(3)9-7(4)10-8;1-2/h6H,5H2,1-4H3;5H,1-4H3;1-2H3. The Labute approximate surface area is 151 Å². The van der Waals surface area contributed by atoms with Gasteiger partial charge in [-0.05, 0) is 39.0 Å². The molecule has 23 heavy (non-hydrogen) atoms. The molecule has 2 aromatic heterocycles. The predicted octanol–water partition coefficient (Wildman–Crippen LogP) is 7.05. The normalized spacial score (nSPS) is 10.3. The van der Waals surface area contributed by atoms with E-state index in [0.29, 0.717) is 11.8 Å². The minimum absolute atomic E-state index is 0.631. The first kappa shape index (κ1) is 22.3. The molecule has 132 valence electrons. The van der Waals surface area contributed by atoms with Crippen molar-refractivity contribution in [3.63, 3.8) is 0 Å². The highest BCUT2D eigenvalue weighted by Crippen LogP contribution is 2.26. The minimum Gasteiger partial charge on any atom is -0.247 e. The van der Waals surface area contributed by atoms with Crippen molar-refractivity contribution in [1.29, 1.82) is 0 Å². The molecule has 0 spiro atoms. The Morgan fingerprint density at radius 2 is 1.22 bits per heavy atom. The van der Waals surface area contributed by atoms with Crippen LogP contribution in [0.1, 0.15) is 91.5 Å². The quantitative estimate of drug-likeness (QED) is 0.590. The summed E-state index contributed by atoms with van der Waals surface area (Å²) in [6.07, 6.45) is 1.07. The van der Waals surface area contributed by atoms with E-state index in [1.807, 2.05) is 36.5 Å². The van der Waals surface area contributed by atoms with E-state index in [4.69, 9.17) is 0 Å². The van der Waals surface area contributed by atoms with Crippen molar-refractivity contribution in [1.82, 2.24) is 9.97 Å². The minimum atomic E-state index is 0.631. The van der Waals surface area contributed by atoms with Crippen molar-refractivity contribution >= 4 is 22.7 Å². The first-order valence-corrected chi connectivity index (χ1v) is 10.3. The molecule has 0 aliphatic heterocycles. The number of rotatable bonds is 3. The SMILES string of the molecule is CC.CCc1nc(C)c(C(C)C)s1.Cc1nc(C)c(C(C)C)s1. The highest BCUT2D eigenvalue weighted by molar-refractivity contribution is 7.12. The number of thiazole rings is 2. The van der Waals surface area contributed by atoms with Crippen LogP contribution in [-0.2, 0) is 6.42 Å². The molecule has 0 aromatic carbocycles. The number of nitrogens with zero attached hydrogens (tertiary/aromatic N) is 2. The fourth-order valence-corrected chi connectivity index (χ4v) is 4.17. The molecule has 0 amide bonds. The first-order chi connectivity index (χ1) is 10.8. The molecule has 0 fully saturated rings. The van der Waals surface area contributed by atoms with Crippen LogP contribution in [-0.4, -0.2) is 9.97 Å². The van der Waals surface area contributed by atoms with Crippen LogP contribution in [0.3, 0.4) is 0 Å². The molecule has 2 heterocycles. The Hall–Kier alpha value is -0.740. The third-order valence-corrected chi connectivity index (χ3v) is 6.14. The molecule has 0 atom stereocenters. The van der Waals surface area contributed by atoms with Gasteiger partial charge in [-0.1, -0.05) is 48.5 Å². The fraction of sp³-hybridized carbons (Fsp3) is 0.684. The predicted molar refractivity (Wildman–Crippen MR) is 107 cm³/mol. The Morgan fingerprint density at radius 3 is 1.43 bits per heavy atom. The zero-order valence-electron chi connectivity index (χ0n) is 16.6. The van der Waals surface area contributed by atoms with E-state index in [2.05, 4.69) is 65.4 Å². The summed E-state index contributed by atoms with van der Waals surface area (Å²) < 4.78 is 0. The lowest BCUT2D eigenvalue weighted by Gasteiger charge is -1.99. The van der Waals surface area contributed by atoms with Crippen LogP contribution in [0.25, 0.3) is 0 Å². The van der Waals surface area contributed by atoms with E-state index in [0.717, 1.165) is 6.42 Å². The van der Waals surface area contributed by atoms with Crippen molar-refractivity contribution in [2.45, 2.75) is 87.5 Å². The lowest BCUT2D eigenvalue weighted by Crippen LogP contribution is -1.84. The van der Waals surface area contributed by atoms with Gasteiger partial charge in [0.2, 0.25) is 0 Å². The molecule has 0 radical (unpaired) electrons. The summed E-state index contributed by atoms with van der Waals surface area (Å²) in [5.74, 6) is 1.26. The lowest BCUT2D eigenvalue weighted by molar-refractivity contribution is 0.871. The van der Waals surface area contributed by atoms with Gasteiger partial charge in [0.15, 0.2) is 0 Å². The molecular weight excluding hydrogens is 320 g/mol. The maximum Gasteiger partial charge on any atom is 0.0928 e. The first-order valence-electron chi connectivity index (χ1n) is 8.66. The Balaban J connectivity index is 0.000000381. The van der Waals surface area contributed by atoms with E-state index in [1.165, 1.54) is 31.2 Å². The van der Waals surface area contributed by atoms with Crippen LogP contribution in [0.5, 0.6) is 0 Å². The number of aromatic nitrogens is 2. The molecular formula is C19H34N2S2. The summed E-state index contributed by atoms with van der Waals surface area (Å²) in [6, 6.07) is 0. The monoisotopic (exact) mass is 354 g/mol. The molecule has 0 saturated carbocycles. The largest absolute Gasteiger partial charge is 0.247 e. The van der Waals surface area contributed by atoms with Crippen LogP contribution in [0.4, 0.5) is 0 Å². The fourth-order valence-electron chi connectivity index (χ4n) is 2.24. The Bertz CT molecular complexity index is 566. The smallest absolute Gasteiger partial charge is 0.0928 e. The lowest BCUT2D eigenvalue weighted by atomic mass is 10.1. The van der Waals surface area contributed by atoms with Gasteiger partial charge in [-0.15, -0.1) is 22.7 Å². The molecule has 0 aliphatic rings. The zero-order valence-corrected chi connectivity index (χ0v) is 18.2. The second-order valence-corrected chi connectivity index (χ2v) is 8.25. The Kier molecular flexibility index (Phi) is 10.6. The van der Waals surface area contributed by atoms with E-state index in [-0.39, 0.29) is 0 Å². The zero-order chi connectivity index (χ0) is 18.2. The maximum absolute atomic E-state index is 4.47. The van der Waals surface area contributed by atoms with Crippen LogP contribution >= 0.6 is 22.7 Å².